The molecule has 1 amide bonds. The lowest BCUT2D eigenvalue weighted by atomic mass is 9.79. The fourth-order valence-electron chi connectivity index (χ4n) is 2.68. The van der Waals surface area contributed by atoms with Gasteiger partial charge in [0, 0.05) is 12.5 Å². The van der Waals surface area contributed by atoms with E-state index in [1.165, 1.54) is 0 Å². The number of rotatable bonds is 5. The number of nitrogens with one attached hydrogen (secondary N) is 1. The number of carbonyl (C=O) groups excluding carboxylic acids is 1. The first-order valence-electron chi connectivity index (χ1n) is 6.86. The van der Waals surface area contributed by atoms with Crippen molar-refractivity contribution in [3.63, 3.8) is 0 Å². The molecule has 4 nitrogen and oxygen atoms in total. The number of alkyl halides is 3. The Bertz CT molecular complexity index is 347. The Kier molecular flexibility index (Phi) is 5.43. The number of hydrogen-bond acceptors (Lipinski definition) is 3. The molecule has 1 aliphatic rings. The van der Waals surface area contributed by atoms with Gasteiger partial charge in [0.15, 0.2) is 6.10 Å². The molecule has 0 spiro atoms. The van der Waals surface area contributed by atoms with Crippen LogP contribution in [0, 0.1) is 0 Å². The third-order valence-electron chi connectivity index (χ3n) is 3.60. The molecule has 1 fully saturated rings. The first-order chi connectivity index (χ1) is 9.07. The first kappa shape index (κ1) is 17.2. The van der Waals surface area contributed by atoms with Gasteiger partial charge in [-0.05, 0) is 40.0 Å². The second kappa shape index (κ2) is 6.30. The molecule has 7 heteroatoms. The van der Waals surface area contributed by atoms with Gasteiger partial charge >= 0.3 is 6.18 Å². The van der Waals surface area contributed by atoms with Crippen LogP contribution < -0.4 is 11.1 Å². The van der Waals surface area contributed by atoms with E-state index < -0.39 is 29.8 Å². The van der Waals surface area contributed by atoms with Gasteiger partial charge in [-0.15, -0.1) is 0 Å². The second-order valence-electron chi connectivity index (χ2n) is 5.78. The molecule has 1 rings (SSSR count). The largest absolute Gasteiger partial charge is 0.414 e. The number of primary amides is 1. The molecule has 0 heterocycles. The van der Waals surface area contributed by atoms with Crippen molar-refractivity contribution in [3.8, 4) is 0 Å². The van der Waals surface area contributed by atoms with Crippen LogP contribution in [0.5, 0.6) is 0 Å². The number of nitrogens with two attached hydrogens (primary N) is 1. The predicted octanol–water partition coefficient (Wildman–Crippen LogP) is 2.12. The van der Waals surface area contributed by atoms with Crippen molar-refractivity contribution in [2.45, 2.75) is 76.4 Å². The lowest BCUT2D eigenvalue weighted by Crippen LogP contribution is -2.61. The van der Waals surface area contributed by atoms with E-state index in [2.05, 4.69) is 5.32 Å². The zero-order valence-corrected chi connectivity index (χ0v) is 12.1. The number of ether oxygens (including phenoxy) is 1. The van der Waals surface area contributed by atoms with Crippen LogP contribution in [0.25, 0.3) is 0 Å². The summed E-state index contributed by atoms with van der Waals surface area (Å²) in [5.41, 5.74) is 4.48. The van der Waals surface area contributed by atoms with Gasteiger partial charge in [0.2, 0.25) is 5.91 Å². The quantitative estimate of drug-likeness (QED) is 0.817. The fraction of sp³-hybridized carbons (Fsp3) is 0.923. The topological polar surface area (TPSA) is 64.3 Å². The van der Waals surface area contributed by atoms with E-state index in [0.29, 0.717) is 19.3 Å². The third kappa shape index (κ3) is 4.34. The summed E-state index contributed by atoms with van der Waals surface area (Å²) in [6, 6.07) is 0.0151. The number of halogens is 3. The zero-order valence-electron chi connectivity index (χ0n) is 12.1. The van der Waals surface area contributed by atoms with E-state index in [4.69, 9.17) is 10.5 Å². The molecule has 0 aromatic heterocycles. The molecule has 3 N–H and O–H groups in total. The summed E-state index contributed by atoms with van der Waals surface area (Å²) in [6.07, 6.45) is -5.01. The first-order valence-corrected chi connectivity index (χ1v) is 6.86. The molecule has 0 aromatic carbocycles. The Morgan fingerprint density at radius 2 is 2.00 bits per heavy atom. The van der Waals surface area contributed by atoms with Gasteiger partial charge in [-0.2, -0.15) is 13.2 Å². The predicted molar refractivity (Wildman–Crippen MR) is 69.1 cm³/mol. The average Bonchev–Trinajstić information content (AvgIpc) is 2.26. The molecule has 1 saturated carbocycles. The highest BCUT2D eigenvalue weighted by molar-refractivity contribution is 5.84. The highest BCUT2D eigenvalue weighted by atomic mass is 19.4. The number of amides is 1. The maximum absolute atomic E-state index is 12.5. The van der Waals surface area contributed by atoms with Crippen LogP contribution in [0.1, 0.15) is 46.5 Å². The van der Waals surface area contributed by atoms with E-state index in [1.807, 2.05) is 13.8 Å². The van der Waals surface area contributed by atoms with Gasteiger partial charge < -0.3 is 15.8 Å². The van der Waals surface area contributed by atoms with Crippen LogP contribution in [0.15, 0.2) is 0 Å². The van der Waals surface area contributed by atoms with Gasteiger partial charge in [-0.25, -0.2) is 0 Å². The van der Waals surface area contributed by atoms with Crippen LogP contribution in [-0.4, -0.2) is 35.9 Å². The summed E-state index contributed by atoms with van der Waals surface area (Å²) in [5.74, 6) is -0.529. The Labute approximate surface area is 117 Å². The van der Waals surface area contributed by atoms with Crippen LogP contribution in [0.3, 0.4) is 0 Å². The van der Waals surface area contributed by atoms with E-state index in [0.717, 1.165) is 6.92 Å². The van der Waals surface area contributed by atoms with Gasteiger partial charge in [-0.1, -0.05) is 0 Å². The summed E-state index contributed by atoms with van der Waals surface area (Å²) >= 11 is 0. The zero-order chi connectivity index (χ0) is 15.6. The molecule has 1 aliphatic carbocycles. The van der Waals surface area contributed by atoms with Crippen molar-refractivity contribution in [2.24, 2.45) is 5.73 Å². The number of carbonyl (C=O) groups is 1. The summed E-state index contributed by atoms with van der Waals surface area (Å²) in [4.78, 5) is 11.7. The third-order valence-corrected chi connectivity index (χ3v) is 3.60. The van der Waals surface area contributed by atoms with Crippen LogP contribution in [0.2, 0.25) is 0 Å². The maximum atomic E-state index is 12.5. The molecule has 0 bridgehead atoms. The van der Waals surface area contributed by atoms with E-state index in [1.54, 1.807) is 0 Å². The Balaban J connectivity index is 2.75. The lowest BCUT2D eigenvalue weighted by molar-refractivity contribution is -0.231. The maximum Gasteiger partial charge on any atom is 0.414 e. The van der Waals surface area contributed by atoms with Gasteiger partial charge in [0.05, 0.1) is 6.10 Å². The van der Waals surface area contributed by atoms with E-state index >= 15 is 0 Å². The van der Waals surface area contributed by atoms with Crippen molar-refractivity contribution in [3.05, 3.63) is 0 Å². The molecular formula is C13H23F3N2O2. The average molecular weight is 296 g/mol. The molecule has 20 heavy (non-hydrogen) atoms. The lowest BCUT2D eigenvalue weighted by Gasteiger charge is -2.41. The van der Waals surface area contributed by atoms with Crippen molar-refractivity contribution in [1.82, 2.24) is 5.32 Å². The summed E-state index contributed by atoms with van der Waals surface area (Å²) in [7, 11) is 0. The molecular weight excluding hydrogens is 273 g/mol. The molecule has 0 radical (unpaired) electrons. The molecule has 118 valence electrons. The molecule has 3 unspecified atom stereocenters. The Morgan fingerprint density at radius 1 is 1.40 bits per heavy atom. The minimum atomic E-state index is -4.39. The minimum absolute atomic E-state index is 0.0151. The standard InChI is InChI=1S/C13H23F3N2O2/c1-8(2)18-12(11(17)19)6-4-5-10(7-12)20-9(3)13(14,15)16/h8-10,18H,4-7H2,1-3H3,(H2,17,19). The highest BCUT2D eigenvalue weighted by Crippen LogP contribution is 2.33. The highest BCUT2D eigenvalue weighted by Gasteiger charge is 2.45. The van der Waals surface area contributed by atoms with Gasteiger partial charge in [-0.3, -0.25) is 4.79 Å². The second-order valence-corrected chi connectivity index (χ2v) is 5.78. The van der Waals surface area contributed by atoms with Crippen molar-refractivity contribution in [1.29, 1.82) is 0 Å². The summed E-state index contributed by atoms with van der Waals surface area (Å²) in [5, 5.41) is 3.10. The summed E-state index contributed by atoms with van der Waals surface area (Å²) in [6.45, 7) is 4.72. The van der Waals surface area contributed by atoms with Crippen LogP contribution in [-0.2, 0) is 9.53 Å². The van der Waals surface area contributed by atoms with Gasteiger partial charge in [0.1, 0.15) is 5.54 Å². The SMILES string of the molecule is CC(C)NC1(C(N)=O)CCCC(OC(C)C(F)(F)F)C1. The van der Waals surface area contributed by atoms with Crippen LogP contribution >= 0.6 is 0 Å². The van der Waals surface area contributed by atoms with Crippen molar-refractivity contribution >= 4 is 5.91 Å². The van der Waals surface area contributed by atoms with Crippen molar-refractivity contribution in [2.75, 3.05) is 0 Å². The molecule has 0 aliphatic heterocycles. The van der Waals surface area contributed by atoms with Crippen LogP contribution in [0.4, 0.5) is 13.2 Å². The number of hydrogen-bond donors (Lipinski definition) is 2. The van der Waals surface area contributed by atoms with Gasteiger partial charge in [0.25, 0.3) is 0 Å². The molecule has 0 aromatic rings. The molecule has 0 saturated heterocycles. The smallest absolute Gasteiger partial charge is 0.368 e. The summed E-state index contributed by atoms with van der Waals surface area (Å²) < 4.78 is 42.7. The Hall–Kier alpha value is -0.820. The fourth-order valence-corrected chi connectivity index (χ4v) is 2.68. The monoisotopic (exact) mass is 296 g/mol. The van der Waals surface area contributed by atoms with E-state index in [-0.39, 0.29) is 12.5 Å². The normalized spacial score (nSPS) is 29.4. The Morgan fingerprint density at radius 3 is 2.45 bits per heavy atom. The van der Waals surface area contributed by atoms with Crippen molar-refractivity contribution < 1.29 is 22.7 Å². The van der Waals surface area contributed by atoms with E-state index in [9.17, 15) is 18.0 Å². The molecule has 3 atom stereocenters. The minimum Gasteiger partial charge on any atom is -0.368 e.